The number of hydrogen-bond acceptors (Lipinski definition) is 3. The number of halogens is 4. The Morgan fingerprint density at radius 2 is 2.05 bits per heavy atom. The third kappa shape index (κ3) is 2.54. The molecule has 0 unspecified atom stereocenters. The average Bonchev–Trinajstić information content (AvgIpc) is 2.75. The smallest absolute Gasteiger partial charge is 0.320 e. The first-order valence-electron chi connectivity index (χ1n) is 6.10. The summed E-state index contributed by atoms with van der Waals surface area (Å²) in [6.45, 7) is 1.68. The van der Waals surface area contributed by atoms with Crippen LogP contribution in [0.15, 0.2) is 28.7 Å². The molecule has 0 amide bonds. The predicted molar refractivity (Wildman–Crippen MR) is 81.5 cm³/mol. The van der Waals surface area contributed by atoms with Crippen molar-refractivity contribution in [3.05, 3.63) is 44.9 Å². The predicted octanol–water partition coefficient (Wildman–Crippen LogP) is 4.57. The summed E-state index contributed by atoms with van der Waals surface area (Å²) in [4.78, 5) is 5.73. The maximum absolute atomic E-state index is 12.9. The average molecular weight is 389 g/mol. The maximum atomic E-state index is 12.9. The van der Waals surface area contributed by atoms with Crippen molar-refractivity contribution in [2.24, 2.45) is 0 Å². The Hall–Kier alpha value is -1.74. The van der Waals surface area contributed by atoms with Gasteiger partial charge >= 0.3 is 6.18 Å². The highest BCUT2D eigenvalue weighted by atomic mass is 79.9. The fourth-order valence-corrected chi connectivity index (χ4v) is 2.85. The lowest BCUT2D eigenvalue weighted by atomic mass is 10.3. The molecule has 0 aliphatic carbocycles. The molecule has 1 aromatic carbocycles. The van der Waals surface area contributed by atoms with Crippen LogP contribution in [-0.4, -0.2) is 19.7 Å². The van der Waals surface area contributed by atoms with Gasteiger partial charge in [-0.1, -0.05) is 34.2 Å². The molecule has 9 heteroatoms. The van der Waals surface area contributed by atoms with E-state index in [0.717, 1.165) is 4.47 Å². The van der Waals surface area contributed by atoms with Gasteiger partial charge < -0.3 is 4.98 Å². The van der Waals surface area contributed by atoms with Crippen molar-refractivity contribution in [3.8, 4) is 5.69 Å². The molecule has 0 bridgehead atoms. The Balaban J connectivity index is 2.37. The molecule has 0 aliphatic rings. The highest BCUT2D eigenvalue weighted by Crippen LogP contribution is 2.29. The van der Waals surface area contributed by atoms with Crippen LogP contribution in [0.2, 0.25) is 0 Å². The van der Waals surface area contributed by atoms with Crippen LogP contribution in [0.25, 0.3) is 16.7 Å². The summed E-state index contributed by atoms with van der Waals surface area (Å²) in [5.41, 5.74) is 1.29. The third-order valence-corrected chi connectivity index (χ3v) is 3.83. The highest BCUT2D eigenvalue weighted by Gasteiger charge is 2.34. The Morgan fingerprint density at radius 3 is 2.68 bits per heavy atom. The second kappa shape index (κ2) is 5.17. The Kier molecular flexibility index (Phi) is 3.56. The van der Waals surface area contributed by atoms with Crippen molar-refractivity contribution < 1.29 is 13.2 Å². The molecular formula is C13H8BrF3N4S. The van der Waals surface area contributed by atoms with E-state index in [2.05, 4.69) is 31.0 Å². The summed E-state index contributed by atoms with van der Waals surface area (Å²) in [5.74, 6) is -1.14. The molecule has 0 radical (unpaired) electrons. The SMILES string of the molecule is Cc1nn(-c2cccc(Br)c2)c2[nH]c(C(F)(F)F)nc(=S)c12. The minimum Gasteiger partial charge on any atom is -0.320 e. The Morgan fingerprint density at radius 1 is 1.32 bits per heavy atom. The summed E-state index contributed by atoms with van der Waals surface area (Å²) >= 11 is 8.32. The first-order valence-corrected chi connectivity index (χ1v) is 7.30. The van der Waals surface area contributed by atoms with E-state index < -0.39 is 12.0 Å². The highest BCUT2D eigenvalue weighted by molar-refractivity contribution is 9.10. The van der Waals surface area contributed by atoms with Crippen LogP contribution in [-0.2, 0) is 6.18 Å². The summed E-state index contributed by atoms with van der Waals surface area (Å²) in [5, 5.41) is 4.68. The summed E-state index contributed by atoms with van der Waals surface area (Å²) in [7, 11) is 0. The molecule has 3 rings (SSSR count). The molecule has 0 saturated carbocycles. The molecule has 2 aromatic heterocycles. The molecule has 0 spiro atoms. The maximum Gasteiger partial charge on any atom is 0.449 e. The van der Waals surface area contributed by atoms with E-state index in [4.69, 9.17) is 12.2 Å². The van der Waals surface area contributed by atoms with Gasteiger partial charge in [-0.3, -0.25) is 0 Å². The molecular weight excluding hydrogens is 381 g/mol. The fraction of sp³-hybridized carbons (Fsp3) is 0.154. The van der Waals surface area contributed by atoms with Gasteiger partial charge in [-0.05, 0) is 25.1 Å². The number of benzene rings is 1. The van der Waals surface area contributed by atoms with E-state index in [-0.39, 0.29) is 10.3 Å². The number of rotatable bonds is 1. The number of nitrogens with one attached hydrogen (secondary N) is 1. The lowest BCUT2D eigenvalue weighted by Crippen LogP contribution is -2.12. The Labute approximate surface area is 136 Å². The second-order valence-corrected chi connectivity index (χ2v) is 5.89. The standard InChI is InChI=1S/C13H8BrF3N4S/c1-6-9-10(18-12(13(15,16)17)19-11(9)22)21(20-6)8-4-2-3-7(14)5-8/h2-5H,1H3,(H,18,19,22). The van der Waals surface area contributed by atoms with Crippen molar-refractivity contribution >= 4 is 39.2 Å². The number of H-pyrrole nitrogens is 1. The molecule has 4 nitrogen and oxygen atoms in total. The summed E-state index contributed by atoms with van der Waals surface area (Å²) in [6.07, 6.45) is -4.61. The van der Waals surface area contributed by atoms with Crippen LogP contribution < -0.4 is 0 Å². The van der Waals surface area contributed by atoms with Crippen molar-refractivity contribution in [3.63, 3.8) is 0 Å². The van der Waals surface area contributed by atoms with Gasteiger partial charge in [0, 0.05) is 4.47 Å². The van der Waals surface area contributed by atoms with Crippen molar-refractivity contribution in [2.45, 2.75) is 13.1 Å². The molecule has 0 fully saturated rings. The van der Waals surface area contributed by atoms with Gasteiger partial charge in [-0.15, -0.1) is 0 Å². The van der Waals surface area contributed by atoms with Crippen LogP contribution in [0.1, 0.15) is 11.5 Å². The number of alkyl halides is 3. The van der Waals surface area contributed by atoms with Gasteiger partial charge in [0.05, 0.1) is 16.8 Å². The van der Waals surface area contributed by atoms with Gasteiger partial charge in [0.25, 0.3) is 0 Å². The molecule has 114 valence electrons. The van der Waals surface area contributed by atoms with Crippen LogP contribution in [0.5, 0.6) is 0 Å². The topological polar surface area (TPSA) is 46.5 Å². The number of hydrogen-bond donors (Lipinski definition) is 1. The number of aromatic nitrogens is 4. The van der Waals surface area contributed by atoms with Crippen molar-refractivity contribution in [2.75, 3.05) is 0 Å². The quantitative estimate of drug-likeness (QED) is 0.621. The minimum absolute atomic E-state index is 0.125. The van der Waals surface area contributed by atoms with Gasteiger partial charge in [-0.2, -0.15) is 18.3 Å². The lowest BCUT2D eigenvalue weighted by molar-refractivity contribution is -0.144. The second-order valence-electron chi connectivity index (χ2n) is 4.59. The van der Waals surface area contributed by atoms with E-state index in [0.29, 0.717) is 16.8 Å². The third-order valence-electron chi connectivity index (χ3n) is 3.05. The van der Waals surface area contributed by atoms with E-state index in [1.165, 1.54) is 4.68 Å². The number of aromatic amines is 1. The molecule has 2 heterocycles. The van der Waals surface area contributed by atoms with E-state index >= 15 is 0 Å². The first-order chi connectivity index (χ1) is 10.3. The molecule has 1 N–H and O–H groups in total. The molecule has 22 heavy (non-hydrogen) atoms. The Bertz CT molecular complexity index is 929. The fourth-order valence-electron chi connectivity index (χ4n) is 2.13. The van der Waals surface area contributed by atoms with Crippen molar-refractivity contribution in [1.82, 2.24) is 19.7 Å². The normalized spacial score (nSPS) is 12.0. The van der Waals surface area contributed by atoms with E-state index in [9.17, 15) is 13.2 Å². The zero-order valence-corrected chi connectivity index (χ0v) is 13.5. The number of fused-ring (bicyclic) bond motifs is 1. The van der Waals surface area contributed by atoms with E-state index in [1.54, 1.807) is 25.1 Å². The molecule has 0 atom stereocenters. The largest absolute Gasteiger partial charge is 0.449 e. The minimum atomic E-state index is -4.61. The monoisotopic (exact) mass is 388 g/mol. The summed E-state index contributed by atoms with van der Waals surface area (Å²) in [6, 6.07) is 7.06. The number of nitrogens with zero attached hydrogens (tertiary/aromatic N) is 3. The van der Waals surface area contributed by atoms with Crippen molar-refractivity contribution in [1.29, 1.82) is 0 Å². The molecule has 0 aliphatic heterocycles. The van der Waals surface area contributed by atoms with Gasteiger partial charge in [0.1, 0.15) is 10.3 Å². The van der Waals surface area contributed by atoms with Crippen LogP contribution in [0, 0.1) is 11.6 Å². The van der Waals surface area contributed by atoms with Gasteiger partial charge in [-0.25, -0.2) is 9.67 Å². The molecule has 0 saturated heterocycles. The van der Waals surface area contributed by atoms with Crippen LogP contribution >= 0.6 is 28.1 Å². The lowest BCUT2D eigenvalue weighted by Gasteiger charge is -2.08. The zero-order valence-electron chi connectivity index (χ0n) is 11.1. The number of aryl methyl sites for hydroxylation is 1. The van der Waals surface area contributed by atoms with Gasteiger partial charge in [0.15, 0.2) is 0 Å². The first kappa shape index (κ1) is 15.2. The van der Waals surface area contributed by atoms with Gasteiger partial charge in [0.2, 0.25) is 5.82 Å². The zero-order chi connectivity index (χ0) is 16.1. The van der Waals surface area contributed by atoms with Crippen LogP contribution in [0.4, 0.5) is 13.2 Å². The summed E-state index contributed by atoms with van der Waals surface area (Å²) < 4.78 is 40.8. The van der Waals surface area contributed by atoms with Crippen LogP contribution in [0.3, 0.4) is 0 Å². The molecule has 3 aromatic rings. The van der Waals surface area contributed by atoms with E-state index in [1.807, 2.05) is 6.07 Å².